The molecule has 1 heterocycles. The lowest BCUT2D eigenvalue weighted by Gasteiger charge is -2.38. The fourth-order valence-corrected chi connectivity index (χ4v) is 2.94. The molecule has 1 atom stereocenters. The Morgan fingerprint density at radius 2 is 1.89 bits per heavy atom. The smallest absolute Gasteiger partial charge is 0.221 e. The Kier molecular flexibility index (Phi) is 3.27. The standard InChI is InChI=1S/C14H17ClN2O/c15-11-3-1-9(2-4-11)10-5-12(6-10)17-13-7-14(18)16-8-13/h1-4,10,12-13,17H,5-8H2,(H,16,18). The molecule has 4 heteroatoms. The van der Waals surface area contributed by atoms with Crippen LogP contribution >= 0.6 is 11.6 Å². The third-order valence-electron chi connectivity index (χ3n) is 3.93. The minimum Gasteiger partial charge on any atom is -0.354 e. The fourth-order valence-electron chi connectivity index (χ4n) is 2.82. The number of rotatable bonds is 3. The van der Waals surface area contributed by atoms with E-state index in [0.29, 0.717) is 24.4 Å². The zero-order valence-corrected chi connectivity index (χ0v) is 10.9. The highest BCUT2D eigenvalue weighted by molar-refractivity contribution is 6.30. The van der Waals surface area contributed by atoms with Crippen LogP contribution in [0.2, 0.25) is 5.02 Å². The van der Waals surface area contributed by atoms with Gasteiger partial charge in [-0.15, -0.1) is 0 Å². The summed E-state index contributed by atoms with van der Waals surface area (Å²) in [5, 5.41) is 7.20. The second kappa shape index (κ2) is 4.90. The van der Waals surface area contributed by atoms with E-state index in [4.69, 9.17) is 11.6 Å². The molecule has 0 radical (unpaired) electrons. The fraction of sp³-hybridized carbons (Fsp3) is 0.500. The Morgan fingerprint density at radius 1 is 1.17 bits per heavy atom. The van der Waals surface area contributed by atoms with Gasteiger partial charge in [0.25, 0.3) is 0 Å². The number of hydrogen-bond acceptors (Lipinski definition) is 2. The quantitative estimate of drug-likeness (QED) is 0.878. The molecule has 1 aliphatic carbocycles. The van der Waals surface area contributed by atoms with Gasteiger partial charge in [0.2, 0.25) is 5.91 Å². The van der Waals surface area contributed by atoms with Gasteiger partial charge in [-0.25, -0.2) is 0 Å². The lowest BCUT2D eigenvalue weighted by atomic mass is 9.75. The molecule has 0 spiro atoms. The van der Waals surface area contributed by atoms with E-state index in [1.165, 1.54) is 5.56 Å². The molecule has 3 nitrogen and oxygen atoms in total. The van der Waals surface area contributed by atoms with Crippen molar-refractivity contribution in [2.45, 2.75) is 37.3 Å². The maximum absolute atomic E-state index is 11.1. The lowest BCUT2D eigenvalue weighted by Crippen LogP contribution is -2.46. The summed E-state index contributed by atoms with van der Waals surface area (Å²) in [6, 6.07) is 9.03. The van der Waals surface area contributed by atoms with Crippen LogP contribution in [-0.2, 0) is 4.79 Å². The number of nitrogens with one attached hydrogen (secondary N) is 2. The molecular weight excluding hydrogens is 248 g/mol. The number of halogens is 1. The summed E-state index contributed by atoms with van der Waals surface area (Å²) in [5.41, 5.74) is 1.37. The molecule has 2 fully saturated rings. The molecule has 2 aliphatic rings. The van der Waals surface area contributed by atoms with Gasteiger partial charge in [0.05, 0.1) is 0 Å². The second-order valence-electron chi connectivity index (χ2n) is 5.29. The topological polar surface area (TPSA) is 41.1 Å². The molecule has 18 heavy (non-hydrogen) atoms. The van der Waals surface area contributed by atoms with E-state index in [2.05, 4.69) is 22.8 Å². The van der Waals surface area contributed by atoms with Crippen LogP contribution in [0, 0.1) is 0 Å². The van der Waals surface area contributed by atoms with Gasteiger partial charge in [-0.05, 0) is 36.5 Å². The van der Waals surface area contributed by atoms with E-state index in [-0.39, 0.29) is 5.91 Å². The normalized spacial score (nSPS) is 30.9. The van der Waals surface area contributed by atoms with E-state index in [1.54, 1.807) is 0 Å². The van der Waals surface area contributed by atoms with Crippen molar-refractivity contribution < 1.29 is 4.79 Å². The number of benzene rings is 1. The summed E-state index contributed by atoms with van der Waals surface area (Å²) in [4.78, 5) is 11.1. The Bertz CT molecular complexity index is 440. The first-order chi connectivity index (χ1) is 8.70. The van der Waals surface area contributed by atoms with Gasteiger partial charge in [-0.2, -0.15) is 0 Å². The molecule has 1 amide bonds. The van der Waals surface area contributed by atoms with E-state index in [9.17, 15) is 4.79 Å². The Hall–Kier alpha value is -1.06. The molecule has 1 aliphatic heterocycles. The Balaban J connectivity index is 1.48. The first kappa shape index (κ1) is 12.0. The molecule has 96 valence electrons. The summed E-state index contributed by atoms with van der Waals surface area (Å²) in [7, 11) is 0. The predicted octanol–water partition coefficient (Wildman–Crippen LogP) is 2.06. The van der Waals surface area contributed by atoms with Crippen LogP contribution < -0.4 is 10.6 Å². The Morgan fingerprint density at radius 3 is 2.50 bits per heavy atom. The number of carbonyl (C=O) groups is 1. The maximum atomic E-state index is 11.1. The molecule has 1 saturated heterocycles. The molecular formula is C14H17ClN2O. The van der Waals surface area contributed by atoms with Crippen molar-refractivity contribution in [3.8, 4) is 0 Å². The van der Waals surface area contributed by atoms with Crippen LogP contribution in [0.25, 0.3) is 0 Å². The van der Waals surface area contributed by atoms with Crippen LogP contribution in [0.5, 0.6) is 0 Å². The largest absolute Gasteiger partial charge is 0.354 e. The van der Waals surface area contributed by atoms with Gasteiger partial charge in [-0.1, -0.05) is 23.7 Å². The first-order valence-electron chi connectivity index (χ1n) is 6.49. The van der Waals surface area contributed by atoms with Crippen LogP contribution in [-0.4, -0.2) is 24.5 Å². The third kappa shape index (κ3) is 2.52. The van der Waals surface area contributed by atoms with E-state index in [1.807, 2.05) is 12.1 Å². The SMILES string of the molecule is O=C1CC(NC2CC(c3ccc(Cl)cc3)C2)CN1. The molecule has 1 aromatic rings. The van der Waals surface area contributed by atoms with Crippen molar-refractivity contribution in [3.05, 3.63) is 34.9 Å². The van der Waals surface area contributed by atoms with Gasteiger partial charge in [-0.3, -0.25) is 4.79 Å². The van der Waals surface area contributed by atoms with Crippen molar-refractivity contribution in [3.63, 3.8) is 0 Å². The summed E-state index contributed by atoms with van der Waals surface area (Å²) in [6.07, 6.45) is 2.95. The van der Waals surface area contributed by atoms with Gasteiger partial charge in [0.1, 0.15) is 0 Å². The number of hydrogen-bond donors (Lipinski definition) is 2. The maximum Gasteiger partial charge on any atom is 0.221 e. The lowest BCUT2D eigenvalue weighted by molar-refractivity contribution is -0.119. The minimum atomic E-state index is 0.168. The predicted molar refractivity (Wildman–Crippen MR) is 71.8 cm³/mol. The molecule has 0 bridgehead atoms. The number of amides is 1. The van der Waals surface area contributed by atoms with Crippen molar-refractivity contribution in [2.24, 2.45) is 0 Å². The highest BCUT2D eigenvalue weighted by Crippen LogP contribution is 2.37. The van der Waals surface area contributed by atoms with Crippen molar-refractivity contribution in [1.82, 2.24) is 10.6 Å². The van der Waals surface area contributed by atoms with Crippen LogP contribution in [0.3, 0.4) is 0 Å². The highest BCUT2D eigenvalue weighted by Gasteiger charge is 2.33. The molecule has 1 saturated carbocycles. The third-order valence-corrected chi connectivity index (χ3v) is 4.18. The van der Waals surface area contributed by atoms with Crippen molar-refractivity contribution >= 4 is 17.5 Å². The monoisotopic (exact) mass is 264 g/mol. The second-order valence-corrected chi connectivity index (χ2v) is 5.73. The molecule has 1 unspecified atom stereocenters. The van der Waals surface area contributed by atoms with E-state index >= 15 is 0 Å². The van der Waals surface area contributed by atoms with Gasteiger partial charge in [0, 0.05) is 30.1 Å². The molecule has 0 aromatic heterocycles. The summed E-state index contributed by atoms with van der Waals surface area (Å²) in [5.74, 6) is 0.811. The summed E-state index contributed by atoms with van der Waals surface area (Å²) < 4.78 is 0. The van der Waals surface area contributed by atoms with Crippen LogP contribution in [0.15, 0.2) is 24.3 Å². The first-order valence-corrected chi connectivity index (χ1v) is 6.87. The molecule has 3 rings (SSSR count). The van der Waals surface area contributed by atoms with Gasteiger partial charge >= 0.3 is 0 Å². The molecule has 1 aromatic carbocycles. The van der Waals surface area contributed by atoms with Gasteiger partial charge in [0.15, 0.2) is 0 Å². The average molecular weight is 265 g/mol. The zero-order chi connectivity index (χ0) is 12.5. The summed E-state index contributed by atoms with van der Waals surface area (Å²) in [6.45, 7) is 0.779. The Labute approximate surface area is 112 Å². The highest BCUT2D eigenvalue weighted by atomic mass is 35.5. The van der Waals surface area contributed by atoms with Crippen LogP contribution in [0.1, 0.15) is 30.7 Å². The average Bonchev–Trinajstić information content (AvgIpc) is 2.71. The van der Waals surface area contributed by atoms with Gasteiger partial charge < -0.3 is 10.6 Å². The summed E-state index contributed by atoms with van der Waals surface area (Å²) >= 11 is 5.88. The minimum absolute atomic E-state index is 0.168. The number of carbonyl (C=O) groups excluding carboxylic acids is 1. The molecule has 2 N–H and O–H groups in total. The van der Waals surface area contributed by atoms with E-state index < -0.39 is 0 Å². The van der Waals surface area contributed by atoms with E-state index in [0.717, 1.165) is 24.4 Å². The van der Waals surface area contributed by atoms with Crippen molar-refractivity contribution in [2.75, 3.05) is 6.54 Å². The van der Waals surface area contributed by atoms with Crippen molar-refractivity contribution in [1.29, 1.82) is 0 Å². The zero-order valence-electron chi connectivity index (χ0n) is 10.2. The van der Waals surface area contributed by atoms with Crippen LogP contribution in [0.4, 0.5) is 0 Å².